The molecule has 2 fully saturated rings. The zero-order chi connectivity index (χ0) is 19.7. The zero-order valence-corrected chi connectivity index (χ0v) is 15.5. The van der Waals surface area contributed by atoms with Crippen molar-refractivity contribution in [3.63, 3.8) is 0 Å². The summed E-state index contributed by atoms with van der Waals surface area (Å²) in [7, 11) is 1.80. The van der Waals surface area contributed by atoms with E-state index in [1.54, 1.807) is 17.9 Å². The first-order valence-corrected chi connectivity index (χ1v) is 9.30. The largest absolute Gasteiger partial charge is 0.371 e. The molecule has 1 aromatic carbocycles. The van der Waals surface area contributed by atoms with Gasteiger partial charge in [0.2, 0.25) is 5.91 Å². The molecule has 28 heavy (non-hydrogen) atoms. The van der Waals surface area contributed by atoms with Crippen LogP contribution < -0.4 is 15.5 Å². The number of aryl methyl sites for hydroxylation is 1. The number of urea groups is 1. The van der Waals surface area contributed by atoms with E-state index < -0.39 is 17.8 Å². The van der Waals surface area contributed by atoms with E-state index in [0.717, 1.165) is 12.1 Å². The molecule has 2 aliphatic rings. The summed E-state index contributed by atoms with van der Waals surface area (Å²) in [5.74, 6) is -1.32. The number of carbonyl (C=O) groups excluding carboxylic acids is 2. The summed E-state index contributed by atoms with van der Waals surface area (Å²) in [5.41, 5.74) is 1.40. The van der Waals surface area contributed by atoms with E-state index >= 15 is 0 Å². The minimum absolute atomic E-state index is 0.0523. The maximum atomic E-state index is 14.3. The average Bonchev–Trinajstić information content (AvgIpc) is 3.31. The summed E-state index contributed by atoms with van der Waals surface area (Å²) in [6.45, 7) is 1.59. The molecule has 2 aliphatic heterocycles. The molecular weight excluding hydrogens is 365 g/mol. The fraction of sp³-hybridized carbons (Fsp3) is 0.421. The Morgan fingerprint density at radius 3 is 2.96 bits per heavy atom. The number of aromatic nitrogens is 2. The highest BCUT2D eigenvalue weighted by Crippen LogP contribution is 2.34. The van der Waals surface area contributed by atoms with Crippen LogP contribution in [0, 0.1) is 11.7 Å². The predicted octanol–water partition coefficient (Wildman–Crippen LogP) is 2.20. The van der Waals surface area contributed by atoms with E-state index in [-0.39, 0.29) is 17.6 Å². The molecule has 1 aromatic heterocycles. The Labute approximate surface area is 161 Å². The number of nitrogens with zero attached hydrogens (tertiary/aromatic N) is 3. The quantitative estimate of drug-likeness (QED) is 0.842. The van der Waals surface area contributed by atoms with Crippen LogP contribution in [0.25, 0.3) is 0 Å². The molecule has 4 rings (SSSR count). The normalized spacial score (nSPS) is 22.2. The van der Waals surface area contributed by atoms with Crippen LogP contribution in [0.3, 0.4) is 0 Å². The Bertz CT molecular complexity index is 899. The van der Waals surface area contributed by atoms with Gasteiger partial charge in [-0.2, -0.15) is 5.10 Å². The number of benzene rings is 1. The first-order chi connectivity index (χ1) is 13.5. The molecule has 3 amide bonds. The number of amides is 3. The number of anilines is 2. The highest BCUT2D eigenvalue weighted by atomic mass is 19.1. The number of ether oxygens (including phenoxy) is 1. The minimum atomic E-state index is -0.550. The Balaban J connectivity index is 1.55. The molecule has 9 heteroatoms. The molecule has 0 bridgehead atoms. The highest BCUT2D eigenvalue weighted by molar-refractivity contribution is 5.97. The molecule has 0 radical (unpaired) electrons. The van der Waals surface area contributed by atoms with Gasteiger partial charge in [0, 0.05) is 38.6 Å². The first kappa shape index (κ1) is 18.4. The summed E-state index contributed by atoms with van der Waals surface area (Å²) in [6.07, 6.45) is 2.62. The van der Waals surface area contributed by atoms with Gasteiger partial charge in [0.25, 0.3) is 0 Å². The van der Waals surface area contributed by atoms with Crippen molar-refractivity contribution in [2.75, 3.05) is 29.9 Å². The van der Waals surface area contributed by atoms with Gasteiger partial charge in [-0.15, -0.1) is 0 Å². The van der Waals surface area contributed by atoms with Crippen molar-refractivity contribution in [1.82, 2.24) is 15.1 Å². The van der Waals surface area contributed by atoms with E-state index in [2.05, 4.69) is 15.7 Å². The topological polar surface area (TPSA) is 88.5 Å². The lowest BCUT2D eigenvalue weighted by Crippen LogP contribution is -2.34. The lowest BCUT2D eigenvalue weighted by atomic mass is 9.91. The van der Waals surface area contributed by atoms with Crippen LogP contribution in [0.2, 0.25) is 0 Å². The lowest BCUT2D eigenvalue weighted by Gasteiger charge is -2.31. The van der Waals surface area contributed by atoms with Crippen LogP contribution in [0.4, 0.5) is 20.6 Å². The van der Waals surface area contributed by atoms with Gasteiger partial charge >= 0.3 is 6.03 Å². The van der Waals surface area contributed by atoms with Gasteiger partial charge in [0.1, 0.15) is 11.9 Å². The van der Waals surface area contributed by atoms with Crippen molar-refractivity contribution in [2.45, 2.75) is 18.9 Å². The van der Waals surface area contributed by atoms with Crippen LogP contribution in [-0.4, -0.2) is 41.4 Å². The molecule has 2 saturated heterocycles. The SMILES string of the molecule is Cn1nccc1[C@@H]1OCCC[C@H]1C(=O)Nc1cc(N2CCNC2=O)ccc1F. The maximum absolute atomic E-state index is 14.3. The van der Waals surface area contributed by atoms with Crippen LogP contribution in [0.15, 0.2) is 30.5 Å². The van der Waals surface area contributed by atoms with Crippen LogP contribution in [0.5, 0.6) is 0 Å². The van der Waals surface area contributed by atoms with Crippen LogP contribution in [0.1, 0.15) is 24.6 Å². The number of rotatable bonds is 4. The van der Waals surface area contributed by atoms with Crippen molar-refractivity contribution in [3.05, 3.63) is 42.0 Å². The van der Waals surface area contributed by atoms with Gasteiger partial charge in [-0.3, -0.25) is 14.4 Å². The van der Waals surface area contributed by atoms with Crippen molar-refractivity contribution in [3.8, 4) is 0 Å². The summed E-state index contributed by atoms with van der Waals surface area (Å²) in [4.78, 5) is 26.3. The Morgan fingerprint density at radius 2 is 2.25 bits per heavy atom. The second kappa shape index (κ2) is 7.59. The standard InChI is InChI=1S/C19H22FN5O3/c1-24-16(6-7-22-24)17-13(3-2-10-28-17)18(26)23-15-11-12(4-5-14(15)20)25-9-8-21-19(25)27/h4-7,11,13,17H,2-3,8-10H2,1H3,(H,21,27)(H,23,26)/t13-,17-/m1/s1. The van der Waals surface area contributed by atoms with E-state index in [1.807, 2.05) is 6.07 Å². The van der Waals surface area contributed by atoms with Gasteiger partial charge in [-0.1, -0.05) is 0 Å². The molecule has 0 spiro atoms. The molecule has 3 heterocycles. The first-order valence-electron chi connectivity index (χ1n) is 9.30. The van der Waals surface area contributed by atoms with Crippen LogP contribution in [-0.2, 0) is 16.6 Å². The monoisotopic (exact) mass is 387 g/mol. The number of hydrogen-bond donors (Lipinski definition) is 2. The van der Waals surface area contributed by atoms with Gasteiger partial charge in [0.05, 0.1) is 17.3 Å². The van der Waals surface area contributed by atoms with Gasteiger partial charge in [0.15, 0.2) is 0 Å². The minimum Gasteiger partial charge on any atom is -0.371 e. The van der Waals surface area contributed by atoms with E-state index in [4.69, 9.17) is 4.74 Å². The summed E-state index contributed by atoms with van der Waals surface area (Å²) >= 11 is 0. The van der Waals surface area contributed by atoms with Crippen molar-refractivity contribution in [2.24, 2.45) is 13.0 Å². The highest BCUT2D eigenvalue weighted by Gasteiger charge is 2.35. The van der Waals surface area contributed by atoms with E-state index in [9.17, 15) is 14.0 Å². The molecular formula is C19H22FN5O3. The Kier molecular flexibility index (Phi) is 4.99. The maximum Gasteiger partial charge on any atom is 0.321 e. The summed E-state index contributed by atoms with van der Waals surface area (Å²) < 4.78 is 21.9. The lowest BCUT2D eigenvalue weighted by molar-refractivity contribution is -0.129. The molecule has 0 unspecified atom stereocenters. The average molecular weight is 387 g/mol. The third-order valence-corrected chi connectivity index (χ3v) is 5.19. The molecule has 2 aromatic rings. The van der Waals surface area contributed by atoms with Gasteiger partial charge in [-0.05, 0) is 37.1 Å². The van der Waals surface area contributed by atoms with Crippen molar-refractivity contribution in [1.29, 1.82) is 0 Å². The summed E-state index contributed by atoms with van der Waals surface area (Å²) in [6, 6.07) is 5.86. The van der Waals surface area contributed by atoms with Crippen LogP contribution >= 0.6 is 0 Å². The Morgan fingerprint density at radius 1 is 1.39 bits per heavy atom. The van der Waals surface area contributed by atoms with E-state index in [1.165, 1.54) is 23.1 Å². The number of nitrogens with one attached hydrogen (secondary N) is 2. The molecule has 8 nitrogen and oxygen atoms in total. The zero-order valence-electron chi connectivity index (χ0n) is 15.5. The molecule has 2 N–H and O–H groups in total. The second-order valence-corrected chi connectivity index (χ2v) is 6.96. The van der Waals surface area contributed by atoms with Gasteiger partial charge < -0.3 is 15.4 Å². The third kappa shape index (κ3) is 3.45. The fourth-order valence-electron chi connectivity index (χ4n) is 3.72. The molecule has 2 atom stereocenters. The summed E-state index contributed by atoms with van der Waals surface area (Å²) in [5, 5.41) is 9.54. The number of carbonyl (C=O) groups is 2. The van der Waals surface area contributed by atoms with Gasteiger partial charge in [-0.25, -0.2) is 9.18 Å². The second-order valence-electron chi connectivity index (χ2n) is 6.96. The third-order valence-electron chi connectivity index (χ3n) is 5.19. The fourth-order valence-corrected chi connectivity index (χ4v) is 3.72. The number of hydrogen-bond acceptors (Lipinski definition) is 4. The molecule has 0 saturated carbocycles. The number of halogens is 1. The molecule has 0 aliphatic carbocycles. The van der Waals surface area contributed by atoms with E-state index in [0.29, 0.717) is 31.8 Å². The smallest absolute Gasteiger partial charge is 0.321 e. The van der Waals surface area contributed by atoms with Crippen molar-refractivity contribution >= 4 is 23.3 Å². The molecule has 148 valence electrons. The Hall–Kier alpha value is -2.94. The van der Waals surface area contributed by atoms with Crippen molar-refractivity contribution < 1.29 is 18.7 Å². The predicted molar refractivity (Wildman–Crippen MR) is 100 cm³/mol.